The molecule has 0 atom stereocenters. The van der Waals surface area contributed by atoms with E-state index in [1.807, 2.05) is 31.2 Å². The molecular formula is C29H23F2N3O3. The molecule has 0 spiro atoms. The van der Waals surface area contributed by atoms with Crippen molar-refractivity contribution in [1.29, 1.82) is 5.26 Å². The average Bonchev–Trinajstić information content (AvgIpc) is 2.89. The Labute approximate surface area is 213 Å². The molecule has 0 aliphatic rings. The quantitative estimate of drug-likeness (QED) is 0.290. The maximum absolute atomic E-state index is 13.5. The number of aryl methyl sites for hydroxylation is 1. The number of hydrogen-bond donors (Lipinski definition) is 1. The van der Waals surface area contributed by atoms with Crippen LogP contribution in [-0.2, 0) is 0 Å². The molecule has 1 N–H and O–H groups in total. The molecule has 3 aromatic carbocycles. The number of carbonyl (C=O) groups excluding carboxylic acids is 1. The lowest BCUT2D eigenvalue weighted by Gasteiger charge is -2.17. The van der Waals surface area contributed by atoms with E-state index in [0.717, 1.165) is 5.56 Å². The fourth-order valence-electron chi connectivity index (χ4n) is 3.87. The molecule has 0 unspecified atom stereocenters. The largest absolute Gasteiger partial charge is 0.493 e. The number of amides is 1. The summed E-state index contributed by atoms with van der Waals surface area (Å²) in [7, 11) is 1.44. The third-order valence-electron chi connectivity index (χ3n) is 5.78. The Morgan fingerprint density at radius 1 is 1.03 bits per heavy atom. The second-order valence-corrected chi connectivity index (χ2v) is 8.30. The number of nitrogens with one attached hydrogen (secondary N) is 1. The van der Waals surface area contributed by atoms with Gasteiger partial charge in [-0.15, -0.1) is 0 Å². The normalized spacial score (nSPS) is 10.6. The molecule has 6 nitrogen and oxygen atoms in total. The van der Waals surface area contributed by atoms with E-state index < -0.39 is 12.3 Å². The van der Waals surface area contributed by atoms with Crippen LogP contribution in [-0.4, -0.2) is 18.0 Å². The van der Waals surface area contributed by atoms with Gasteiger partial charge in [0.05, 0.1) is 18.7 Å². The van der Waals surface area contributed by atoms with Crippen molar-refractivity contribution in [1.82, 2.24) is 4.98 Å². The van der Waals surface area contributed by atoms with E-state index in [9.17, 15) is 18.8 Å². The number of methoxy groups -OCH3 is 1. The summed E-state index contributed by atoms with van der Waals surface area (Å²) in [6.07, 6.45) is -1.05. The van der Waals surface area contributed by atoms with Crippen molar-refractivity contribution >= 4 is 11.6 Å². The van der Waals surface area contributed by atoms with Crippen molar-refractivity contribution in [2.24, 2.45) is 0 Å². The van der Waals surface area contributed by atoms with Gasteiger partial charge in [0.1, 0.15) is 5.56 Å². The summed E-state index contributed by atoms with van der Waals surface area (Å²) in [6, 6.07) is 19.9. The molecule has 8 heteroatoms. The predicted molar refractivity (Wildman–Crippen MR) is 136 cm³/mol. The Bertz CT molecular complexity index is 1500. The highest BCUT2D eigenvalue weighted by Crippen LogP contribution is 2.37. The van der Waals surface area contributed by atoms with Crippen molar-refractivity contribution in [3.8, 4) is 34.6 Å². The van der Waals surface area contributed by atoms with Crippen LogP contribution in [0.25, 0.3) is 11.1 Å². The van der Waals surface area contributed by atoms with Crippen LogP contribution in [0.4, 0.5) is 14.5 Å². The van der Waals surface area contributed by atoms with E-state index >= 15 is 0 Å². The van der Waals surface area contributed by atoms with Gasteiger partial charge in [-0.1, -0.05) is 36.4 Å². The predicted octanol–water partition coefficient (Wildman–Crippen LogP) is 7.23. The Kier molecular flexibility index (Phi) is 7.44. The number of carbonyl (C=O) groups is 1. The van der Waals surface area contributed by atoms with Gasteiger partial charge in [0.2, 0.25) is 5.88 Å². The van der Waals surface area contributed by atoms with Gasteiger partial charge in [-0.25, -0.2) is 13.8 Å². The summed E-state index contributed by atoms with van der Waals surface area (Å²) in [6.45, 7) is 3.66. The van der Waals surface area contributed by atoms with E-state index in [1.165, 1.54) is 31.5 Å². The van der Waals surface area contributed by atoms with Crippen molar-refractivity contribution in [2.45, 2.75) is 20.3 Å². The fourth-order valence-corrected chi connectivity index (χ4v) is 3.87. The van der Waals surface area contributed by atoms with Crippen molar-refractivity contribution in [3.63, 3.8) is 0 Å². The minimum absolute atomic E-state index is 0.0265. The molecular weight excluding hydrogens is 476 g/mol. The zero-order chi connectivity index (χ0) is 26.5. The highest BCUT2D eigenvalue weighted by molar-refractivity contribution is 6.08. The molecule has 1 aromatic heterocycles. The monoisotopic (exact) mass is 499 g/mol. The topological polar surface area (TPSA) is 84.2 Å². The van der Waals surface area contributed by atoms with Crippen LogP contribution in [0.3, 0.4) is 0 Å². The Balaban J connectivity index is 1.80. The third kappa shape index (κ3) is 5.57. The molecule has 1 amide bonds. The third-order valence-corrected chi connectivity index (χ3v) is 5.78. The molecule has 4 rings (SSSR count). The lowest BCUT2D eigenvalue weighted by molar-refractivity contribution is 0.102. The lowest BCUT2D eigenvalue weighted by atomic mass is 9.97. The van der Waals surface area contributed by atoms with Gasteiger partial charge in [0, 0.05) is 29.1 Å². The fraction of sp³-hybridized carbons (Fsp3) is 0.138. The maximum atomic E-state index is 13.5. The van der Waals surface area contributed by atoms with E-state index in [1.54, 1.807) is 37.3 Å². The molecule has 4 aromatic rings. The summed E-state index contributed by atoms with van der Waals surface area (Å²) >= 11 is 0. The number of anilines is 1. The van der Waals surface area contributed by atoms with E-state index in [-0.39, 0.29) is 22.8 Å². The minimum atomic E-state index is -2.58. The van der Waals surface area contributed by atoms with Gasteiger partial charge >= 0.3 is 0 Å². The SMILES string of the molecule is COc1cc(C#N)ccc1Oc1ncc(-c2ccc(C(F)F)cc2)c(C)c1C(=O)Nc1cccc(C)c1. The zero-order valence-corrected chi connectivity index (χ0v) is 20.4. The lowest BCUT2D eigenvalue weighted by Crippen LogP contribution is -2.16. The van der Waals surface area contributed by atoms with Crippen LogP contribution in [0.5, 0.6) is 17.4 Å². The first kappa shape index (κ1) is 25.3. The molecule has 0 saturated carbocycles. The molecule has 0 radical (unpaired) electrons. The molecule has 0 bridgehead atoms. The van der Waals surface area contributed by atoms with Crippen LogP contribution in [0.2, 0.25) is 0 Å². The van der Waals surface area contributed by atoms with Crippen molar-refractivity contribution in [3.05, 3.63) is 101 Å². The smallest absolute Gasteiger partial charge is 0.263 e. The summed E-state index contributed by atoms with van der Waals surface area (Å²) in [5.74, 6) is 0.144. The Morgan fingerprint density at radius 3 is 2.43 bits per heavy atom. The number of alkyl halides is 2. The van der Waals surface area contributed by atoms with Gasteiger partial charge < -0.3 is 14.8 Å². The minimum Gasteiger partial charge on any atom is -0.493 e. The van der Waals surface area contributed by atoms with Gasteiger partial charge in [0.15, 0.2) is 11.5 Å². The number of nitriles is 1. The average molecular weight is 500 g/mol. The number of nitrogens with zero attached hydrogens (tertiary/aromatic N) is 2. The molecule has 186 valence electrons. The Morgan fingerprint density at radius 2 is 1.78 bits per heavy atom. The highest BCUT2D eigenvalue weighted by atomic mass is 19.3. The molecule has 0 aliphatic carbocycles. The Hall–Kier alpha value is -4.77. The second kappa shape index (κ2) is 10.9. The summed E-state index contributed by atoms with van der Waals surface area (Å²) in [5, 5.41) is 12.1. The number of benzene rings is 3. The van der Waals surface area contributed by atoms with Gasteiger partial charge in [-0.3, -0.25) is 4.79 Å². The molecule has 37 heavy (non-hydrogen) atoms. The van der Waals surface area contributed by atoms with Gasteiger partial charge in [0.25, 0.3) is 12.3 Å². The van der Waals surface area contributed by atoms with Crippen LogP contribution < -0.4 is 14.8 Å². The van der Waals surface area contributed by atoms with Crippen molar-refractivity contribution in [2.75, 3.05) is 12.4 Å². The first-order valence-corrected chi connectivity index (χ1v) is 11.3. The number of ether oxygens (including phenoxy) is 2. The standard InChI is InChI=1S/C29H23F2N3O3/c1-17-5-4-6-22(13-17)34-28(35)26-18(2)23(20-8-10-21(11-9-20)27(30)31)16-33-29(26)37-24-12-7-19(15-32)14-25(24)36-3/h4-14,16,27H,1-3H3,(H,34,35). The van der Waals surface area contributed by atoms with E-state index in [2.05, 4.69) is 10.3 Å². The van der Waals surface area contributed by atoms with E-state index in [0.29, 0.717) is 33.7 Å². The van der Waals surface area contributed by atoms with Crippen molar-refractivity contribution < 1.29 is 23.0 Å². The number of halogens is 2. The summed E-state index contributed by atoms with van der Waals surface area (Å²) < 4.78 is 37.5. The van der Waals surface area contributed by atoms with Crippen LogP contribution in [0, 0.1) is 25.2 Å². The second-order valence-electron chi connectivity index (χ2n) is 8.30. The van der Waals surface area contributed by atoms with Crippen LogP contribution in [0.1, 0.15) is 39.0 Å². The van der Waals surface area contributed by atoms with Crippen LogP contribution >= 0.6 is 0 Å². The number of rotatable bonds is 7. The molecule has 0 saturated heterocycles. The molecule has 0 fully saturated rings. The van der Waals surface area contributed by atoms with Gasteiger partial charge in [-0.2, -0.15) is 5.26 Å². The maximum Gasteiger partial charge on any atom is 0.263 e. The first-order chi connectivity index (χ1) is 17.8. The number of hydrogen-bond acceptors (Lipinski definition) is 5. The number of aromatic nitrogens is 1. The first-order valence-electron chi connectivity index (χ1n) is 11.3. The number of pyridine rings is 1. The van der Waals surface area contributed by atoms with E-state index in [4.69, 9.17) is 9.47 Å². The molecule has 1 heterocycles. The summed E-state index contributed by atoms with van der Waals surface area (Å²) in [5.41, 5.74) is 3.79. The highest BCUT2D eigenvalue weighted by Gasteiger charge is 2.23. The van der Waals surface area contributed by atoms with Crippen LogP contribution in [0.15, 0.2) is 72.9 Å². The summed E-state index contributed by atoms with van der Waals surface area (Å²) in [4.78, 5) is 17.9. The zero-order valence-electron chi connectivity index (χ0n) is 20.4. The van der Waals surface area contributed by atoms with Gasteiger partial charge in [-0.05, 0) is 54.8 Å². The molecule has 0 aliphatic heterocycles.